The van der Waals surface area contributed by atoms with Gasteiger partial charge in [-0.3, -0.25) is 9.97 Å². The second-order valence-electron chi connectivity index (χ2n) is 7.42. The number of halogens is 1. The van der Waals surface area contributed by atoms with Gasteiger partial charge in [0.2, 0.25) is 0 Å². The minimum atomic E-state index is -0.283. The van der Waals surface area contributed by atoms with Crippen molar-refractivity contribution in [3.05, 3.63) is 108 Å². The zero-order chi connectivity index (χ0) is 21.4. The third-order valence-electron chi connectivity index (χ3n) is 5.52. The van der Waals surface area contributed by atoms with Gasteiger partial charge in [0.15, 0.2) is 5.11 Å². The number of hydrogen-bond acceptors (Lipinski definition) is 3. The van der Waals surface area contributed by atoms with E-state index in [-0.39, 0.29) is 17.9 Å². The van der Waals surface area contributed by atoms with Crippen molar-refractivity contribution < 1.29 is 4.39 Å². The van der Waals surface area contributed by atoms with Crippen LogP contribution in [0, 0.1) is 12.7 Å². The lowest BCUT2D eigenvalue weighted by molar-refractivity contribution is 0.547. The number of nitrogens with one attached hydrogen (secondary N) is 1. The molecule has 1 N–H and O–H groups in total. The Hall–Kier alpha value is -3.58. The minimum absolute atomic E-state index is 0.177. The van der Waals surface area contributed by atoms with E-state index in [1.54, 1.807) is 24.5 Å². The summed E-state index contributed by atoms with van der Waals surface area (Å²) in [5.74, 6) is -0.283. The highest BCUT2D eigenvalue weighted by molar-refractivity contribution is 7.80. The molecular formula is C24H20FN5S. The fourth-order valence-electron chi connectivity index (χ4n) is 4.16. The molecule has 0 saturated carbocycles. The molecule has 4 heterocycles. The molecule has 0 aliphatic carbocycles. The smallest absolute Gasteiger partial charge is 0.174 e. The fraction of sp³-hybridized carbons (Fsp3) is 0.125. The number of aryl methyl sites for hydroxylation is 1. The van der Waals surface area contributed by atoms with Crippen molar-refractivity contribution in [3.63, 3.8) is 0 Å². The molecule has 154 valence electrons. The van der Waals surface area contributed by atoms with Crippen molar-refractivity contribution >= 4 is 23.0 Å². The Morgan fingerprint density at radius 1 is 0.935 bits per heavy atom. The molecule has 0 bridgehead atoms. The number of rotatable bonds is 4. The van der Waals surface area contributed by atoms with E-state index in [9.17, 15) is 4.39 Å². The first-order chi connectivity index (χ1) is 15.1. The Morgan fingerprint density at radius 3 is 2.48 bits per heavy atom. The summed E-state index contributed by atoms with van der Waals surface area (Å²) in [6, 6.07) is 20.0. The molecule has 1 aromatic carbocycles. The van der Waals surface area contributed by atoms with E-state index in [2.05, 4.69) is 38.9 Å². The van der Waals surface area contributed by atoms with Crippen LogP contribution in [0.25, 0.3) is 5.69 Å². The molecule has 5 rings (SSSR count). The topological polar surface area (TPSA) is 46.0 Å². The first-order valence-electron chi connectivity index (χ1n) is 9.98. The molecule has 31 heavy (non-hydrogen) atoms. The van der Waals surface area contributed by atoms with Crippen LogP contribution in [0.4, 0.5) is 10.1 Å². The van der Waals surface area contributed by atoms with Gasteiger partial charge in [0.25, 0.3) is 0 Å². The first kappa shape index (κ1) is 19.4. The lowest BCUT2D eigenvalue weighted by atomic mass is 10.0. The van der Waals surface area contributed by atoms with Gasteiger partial charge in [0, 0.05) is 29.5 Å². The van der Waals surface area contributed by atoms with E-state index in [1.165, 1.54) is 12.1 Å². The number of anilines is 1. The maximum absolute atomic E-state index is 13.6. The van der Waals surface area contributed by atoms with Crippen LogP contribution in [0.1, 0.15) is 29.2 Å². The number of nitrogens with zero attached hydrogens (tertiary/aromatic N) is 4. The van der Waals surface area contributed by atoms with E-state index in [0.29, 0.717) is 5.11 Å². The van der Waals surface area contributed by atoms with Crippen LogP contribution in [-0.4, -0.2) is 19.6 Å². The zero-order valence-electron chi connectivity index (χ0n) is 16.8. The highest BCUT2D eigenvalue weighted by Gasteiger charge is 2.42. The second-order valence-corrected chi connectivity index (χ2v) is 7.81. The Morgan fingerprint density at radius 2 is 1.77 bits per heavy atom. The predicted octanol–water partition coefficient (Wildman–Crippen LogP) is 4.89. The molecule has 1 aliphatic heterocycles. The monoisotopic (exact) mass is 429 g/mol. The summed E-state index contributed by atoms with van der Waals surface area (Å²) in [5, 5.41) is 4.02. The largest absolute Gasteiger partial charge is 0.351 e. The number of benzene rings is 1. The van der Waals surface area contributed by atoms with Crippen LogP contribution in [-0.2, 0) is 0 Å². The predicted molar refractivity (Wildman–Crippen MR) is 123 cm³/mol. The van der Waals surface area contributed by atoms with E-state index >= 15 is 0 Å². The van der Waals surface area contributed by atoms with Gasteiger partial charge in [-0.15, -0.1) is 0 Å². The average molecular weight is 430 g/mol. The molecular weight excluding hydrogens is 409 g/mol. The van der Waals surface area contributed by atoms with E-state index in [4.69, 9.17) is 12.2 Å². The van der Waals surface area contributed by atoms with Crippen LogP contribution >= 0.6 is 12.2 Å². The molecule has 5 nitrogen and oxygen atoms in total. The summed E-state index contributed by atoms with van der Waals surface area (Å²) >= 11 is 5.75. The maximum atomic E-state index is 13.6. The molecule has 1 saturated heterocycles. The minimum Gasteiger partial charge on any atom is -0.351 e. The molecule has 7 heteroatoms. The summed E-state index contributed by atoms with van der Waals surface area (Å²) in [7, 11) is 0. The molecule has 0 unspecified atom stereocenters. The van der Waals surface area contributed by atoms with Gasteiger partial charge in [-0.25, -0.2) is 4.39 Å². The Kier molecular flexibility index (Phi) is 4.95. The van der Waals surface area contributed by atoms with Crippen LogP contribution in [0.5, 0.6) is 0 Å². The quantitative estimate of drug-likeness (QED) is 0.468. The standard InChI is InChI=1S/C24H20FN5S/c1-16-7-12-21(29(16)19-5-4-13-26-15-19)23-22(20-6-2-3-14-27-20)28-24(31)30(23)18-10-8-17(25)9-11-18/h2-15,22-23H,1H3,(H,28,31)/t22-,23+/m1/s1. The van der Waals surface area contributed by atoms with Crippen molar-refractivity contribution in [2.24, 2.45) is 0 Å². The third-order valence-corrected chi connectivity index (χ3v) is 5.83. The third kappa shape index (κ3) is 3.47. The Balaban J connectivity index is 1.70. The summed E-state index contributed by atoms with van der Waals surface area (Å²) in [6.07, 6.45) is 5.38. The van der Waals surface area contributed by atoms with Gasteiger partial charge in [-0.05, 0) is 79.8 Å². The molecule has 0 radical (unpaired) electrons. The summed E-state index contributed by atoms with van der Waals surface area (Å²) in [4.78, 5) is 10.9. The van der Waals surface area contributed by atoms with Gasteiger partial charge in [-0.1, -0.05) is 6.07 Å². The van der Waals surface area contributed by atoms with Gasteiger partial charge in [0.1, 0.15) is 11.9 Å². The van der Waals surface area contributed by atoms with Crippen molar-refractivity contribution in [1.29, 1.82) is 0 Å². The van der Waals surface area contributed by atoms with Crippen LogP contribution in [0.2, 0.25) is 0 Å². The molecule has 0 spiro atoms. The van der Waals surface area contributed by atoms with Crippen molar-refractivity contribution in [2.75, 3.05) is 4.90 Å². The normalized spacial score (nSPS) is 18.3. The highest BCUT2D eigenvalue weighted by atomic mass is 32.1. The van der Waals surface area contributed by atoms with E-state index in [0.717, 1.165) is 28.5 Å². The summed E-state index contributed by atoms with van der Waals surface area (Å²) in [6.45, 7) is 2.06. The lowest BCUT2D eigenvalue weighted by Gasteiger charge is -2.29. The number of pyridine rings is 2. The number of hydrogen-bond donors (Lipinski definition) is 1. The van der Waals surface area contributed by atoms with E-state index < -0.39 is 0 Å². The number of thiocarbonyl (C=S) groups is 1. The van der Waals surface area contributed by atoms with Crippen molar-refractivity contribution in [3.8, 4) is 5.69 Å². The maximum Gasteiger partial charge on any atom is 0.174 e. The van der Waals surface area contributed by atoms with E-state index in [1.807, 2.05) is 41.4 Å². The van der Waals surface area contributed by atoms with Crippen LogP contribution in [0.15, 0.2) is 85.3 Å². The summed E-state index contributed by atoms with van der Waals surface area (Å²) in [5.41, 5.74) is 4.80. The molecule has 2 atom stereocenters. The average Bonchev–Trinajstić information content (AvgIpc) is 3.35. The first-order valence-corrected chi connectivity index (χ1v) is 10.4. The molecule has 3 aromatic heterocycles. The van der Waals surface area contributed by atoms with Crippen LogP contribution < -0.4 is 10.2 Å². The van der Waals surface area contributed by atoms with Crippen LogP contribution in [0.3, 0.4) is 0 Å². The highest BCUT2D eigenvalue weighted by Crippen LogP contribution is 2.42. The Bertz CT molecular complexity index is 1210. The molecule has 1 aliphatic rings. The van der Waals surface area contributed by atoms with Crippen molar-refractivity contribution in [1.82, 2.24) is 19.9 Å². The fourth-order valence-corrected chi connectivity index (χ4v) is 4.51. The second kappa shape index (κ2) is 7.92. The SMILES string of the molecule is Cc1ccc([C@H]2[C@@H](c3ccccn3)NC(=S)N2c2ccc(F)cc2)n1-c1cccnc1. The van der Waals surface area contributed by atoms with Crippen molar-refractivity contribution in [2.45, 2.75) is 19.0 Å². The molecule has 0 amide bonds. The van der Waals surface area contributed by atoms with Gasteiger partial charge in [0.05, 0.1) is 23.6 Å². The summed E-state index contributed by atoms with van der Waals surface area (Å²) < 4.78 is 15.8. The van der Waals surface area contributed by atoms with Gasteiger partial charge in [-0.2, -0.15) is 0 Å². The molecule has 4 aromatic rings. The van der Waals surface area contributed by atoms with Gasteiger partial charge < -0.3 is 14.8 Å². The number of aromatic nitrogens is 3. The van der Waals surface area contributed by atoms with Gasteiger partial charge >= 0.3 is 0 Å². The Labute approximate surface area is 185 Å². The molecule has 1 fully saturated rings. The lowest BCUT2D eigenvalue weighted by Crippen LogP contribution is -2.30. The zero-order valence-corrected chi connectivity index (χ0v) is 17.6.